The Bertz CT molecular complexity index is 582. The van der Waals surface area contributed by atoms with E-state index in [0.29, 0.717) is 5.69 Å². The number of nitrogens with zero attached hydrogens (tertiary/aromatic N) is 1. The molecule has 2 aliphatic rings. The summed E-state index contributed by atoms with van der Waals surface area (Å²) in [6, 6.07) is 4.45. The minimum absolute atomic E-state index is 0.0428. The van der Waals surface area contributed by atoms with Crippen LogP contribution in [0.5, 0.6) is 11.5 Å². The number of piperazine rings is 1. The van der Waals surface area contributed by atoms with Gasteiger partial charge in [-0.15, -0.1) is 8.78 Å². The Morgan fingerprint density at radius 2 is 2.23 bits per heavy atom. The first-order chi connectivity index (χ1) is 10.4. The van der Waals surface area contributed by atoms with Gasteiger partial charge in [0.05, 0.1) is 6.54 Å². The minimum Gasteiger partial charge on any atom is -0.395 e. The highest BCUT2D eigenvalue weighted by atomic mass is 19.3. The predicted octanol–water partition coefficient (Wildman–Crippen LogP) is 1.24. The molecule has 1 amide bonds. The fraction of sp³-hybridized carbons (Fsp3) is 0.500. The number of halogens is 2. The number of nitrogens with one attached hydrogen (secondary N) is 2. The maximum Gasteiger partial charge on any atom is 0.586 e. The number of ether oxygens (including phenoxy) is 2. The molecule has 1 aromatic rings. The van der Waals surface area contributed by atoms with Crippen molar-refractivity contribution in [3.63, 3.8) is 0 Å². The number of carbonyl (C=O) groups excluding carboxylic acids is 1. The first kappa shape index (κ1) is 15.0. The summed E-state index contributed by atoms with van der Waals surface area (Å²) in [5, 5.41) is 5.93. The van der Waals surface area contributed by atoms with Crippen molar-refractivity contribution in [2.24, 2.45) is 0 Å². The fourth-order valence-electron chi connectivity index (χ4n) is 2.53. The van der Waals surface area contributed by atoms with Crippen LogP contribution in [0.4, 0.5) is 14.5 Å². The van der Waals surface area contributed by atoms with Gasteiger partial charge >= 0.3 is 6.29 Å². The van der Waals surface area contributed by atoms with Gasteiger partial charge in [0.1, 0.15) is 0 Å². The van der Waals surface area contributed by atoms with Gasteiger partial charge in [-0.1, -0.05) is 0 Å². The molecule has 3 rings (SSSR count). The van der Waals surface area contributed by atoms with Crippen LogP contribution >= 0.6 is 0 Å². The molecule has 0 aliphatic carbocycles. The standard InChI is InChI=1S/C14H17F2N3O3/c1-9-7-17-4-5-19(9)8-13(20)18-10-2-3-11-12(6-10)22-14(15,16)21-11/h2-3,6,9,17H,4-5,7-8H2,1H3,(H,18,20)/t9-/m1/s1. The zero-order valence-electron chi connectivity index (χ0n) is 12.1. The molecule has 22 heavy (non-hydrogen) atoms. The number of amides is 1. The Morgan fingerprint density at radius 1 is 1.45 bits per heavy atom. The van der Waals surface area contributed by atoms with Gasteiger partial charge in [0.25, 0.3) is 0 Å². The lowest BCUT2D eigenvalue weighted by Gasteiger charge is -2.33. The Hall–Kier alpha value is -1.93. The van der Waals surface area contributed by atoms with Gasteiger partial charge < -0.3 is 20.1 Å². The molecule has 8 heteroatoms. The molecular formula is C14H17F2N3O3. The first-order valence-electron chi connectivity index (χ1n) is 7.07. The molecule has 0 spiro atoms. The molecule has 1 fully saturated rings. The molecule has 2 heterocycles. The van der Waals surface area contributed by atoms with Crippen LogP contribution < -0.4 is 20.1 Å². The maximum absolute atomic E-state index is 12.9. The first-order valence-corrected chi connectivity index (χ1v) is 7.07. The molecule has 0 bridgehead atoms. The SMILES string of the molecule is C[C@@H]1CNCCN1CC(=O)Nc1ccc2c(c1)OC(F)(F)O2. The van der Waals surface area contributed by atoms with Crippen LogP contribution in [-0.4, -0.2) is 49.3 Å². The monoisotopic (exact) mass is 313 g/mol. The summed E-state index contributed by atoms with van der Waals surface area (Å²) < 4.78 is 34.5. The molecule has 1 saturated heterocycles. The molecule has 0 radical (unpaired) electrons. The van der Waals surface area contributed by atoms with Crippen LogP contribution in [0.15, 0.2) is 18.2 Å². The highest BCUT2D eigenvalue weighted by molar-refractivity contribution is 5.92. The highest BCUT2D eigenvalue weighted by Crippen LogP contribution is 2.42. The molecule has 0 aromatic heterocycles. The lowest BCUT2D eigenvalue weighted by molar-refractivity contribution is -0.286. The topological polar surface area (TPSA) is 62.8 Å². The van der Waals surface area contributed by atoms with Gasteiger partial charge in [0.15, 0.2) is 11.5 Å². The smallest absolute Gasteiger partial charge is 0.395 e. The second-order valence-electron chi connectivity index (χ2n) is 5.40. The zero-order chi connectivity index (χ0) is 15.7. The van der Waals surface area contributed by atoms with Crippen molar-refractivity contribution in [3.05, 3.63) is 18.2 Å². The predicted molar refractivity (Wildman–Crippen MR) is 75.2 cm³/mol. The Balaban J connectivity index is 1.61. The van der Waals surface area contributed by atoms with E-state index in [2.05, 4.69) is 25.0 Å². The van der Waals surface area contributed by atoms with E-state index in [0.717, 1.165) is 19.6 Å². The summed E-state index contributed by atoms with van der Waals surface area (Å²) in [5.74, 6) is -0.323. The summed E-state index contributed by atoms with van der Waals surface area (Å²) in [6.07, 6.45) is -3.65. The largest absolute Gasteiger partial charge is 0.586 e. The number of hydrogen-bond acceptors (Lipinski definition) is 5. The molecule has 0 saturated carbocycles. The van der Waals surface area contributed by atoms with Crippen LogP contribution in [0.1, 0.15) is 6.92 Å². The van der Waals surface area contributed by atoms with Crippen LogP contribution in [0.25, 0.3) is 0 Å². The highest BCUT2D eigenvalue weighted by Gasteiger charge is 2.43. The van der Waals surface area contributed by atoms with Crippen LogP contribution in [0.2, 0.25) is 0 Å². The van der Waals surface area contributed by atoms with Crippen molar-refractivity contribution in [2.45, 2.75) is 19.3 Å². The number of rotatable bonds is 3. The summed E-state index contributed by atoms with van der Waals surface area (Å²) in [7, 11) is 0. The Labute approximate surface area is 126 Å². The van der Waals surface area contributed by atoms with E-state index in [1.807, 2.05) is 6.92 Å². The summed E-state index contributed by atoms with van der Waals surface area (Å²) >= 11 is 0. The van der Waals surface area contributed by atoms with Crippen molar-refractivity contribution < 1.29 is 23.0 Å². The number of alkyl halides is 2. The number of benzene rings is 1. The second kappa shape index (κ2) is 5.69. The number of carbonyl (C=O) groups is 1. The lowest BCUT2D eigenvalue weighted by atomic mass is 10.2. The van der Waals surface area contributed by atoms with E-state index in [-0.39, 0.29) is 30.0 Å². The molecule has 2 N–H and O–H groups in total. The van der Waals surface area contributed by atoms with E-state index in [1.165, 1.54) is 18.2 Å². The van der Waals surface area contributed by atoms with Crippen molar-refractivity contribution in [1.82, 2.24) is 10.2 Å². The second-order valence-corrected chi connectivity index (χ2v) is 5.40. The van der Waals surface area contributed by atoms with Crippen molar-refractivity contribution >= 4 is 11.6 Å². The summed E-state index contributed by atoms with van der Waals surface area (Å²) in [6.45, 7) is 4.78. The van der Waals surface area contributed by atoms with E-state index in [9.17, 15) is 13.6 Å². The van der Waals surface area contributed by atoms with Crippen LogP contribution in [0, 0.1) is 0 Å². The molecule has 6 nitrogen and oxygen atoms in total. The molecule has 1 atom stereocenters. The van der Waals surface area contributed by atoms with E-state index in [1.54, 1.807) is 0 Å². The maximum atomic E-state index is 12.9. The number of hydrogen-bond donors (Lipinski definition) is 2. The van der Waals surface area contributed by atoms with E-state index < -0.39 is 6.29 Å². The van der Waals surface area contributed by atoms with Crippen LogP contribution in [0.3, 0.4) is 0 Å². The van der Waals surface area contributed by atoms with Gasteiger partial charge in [-0.05, 0) is 19.1 Å². The van der Waals surface area contributed by atoms with Crippen molar-refractivity contribution in [3.8, 4) is 11.5 Å². The molecule has 1 aromatic carbocycles. The van der Waals surface area contributed by atoms with Gasteiger partial charge in [-0.25, -0.2) is 0 Å². The zero-order valence-corrected chi connectivity index (χ0v) is 12.1. The molecule has 120 valence electrons. The molecule has 0 unspecified atom stereocenters. The van der Waals surface area contributed by atoms with Crippen molar-refractivity contribution in [1.29, 1.82) is 0 Å². The van der Waals surface area contributed by atoms with Crippen molar-refractivity contribution in [2.75, 3.05) is 31.5 Å². The third-order valence-electron chi connectivity index (χ3n) is 3.67. The summed E-state index contributed by atoms with van der Waals surface area (Å²) in [4.78, 5) is 14.1. The van der Waals surface area contributed by atoms with Gasteiger partial charge in [0, 0.05) is 37.4 Å². The van der Waals surface area contributed by atoms with Crippen LogP contribution in [-0.2, 0) is 4.79 Å². The third kappa shape index (κ3) is 3.28. The third-order valence-corrected chi connectivity index (χ3v) is 3.67. The van der Waals surface area contributed by atoms with E-state index in [4.69, 9.17) is 0 Å². The quantitative estimate of drug-likeness (QED) is 0.879. The normalized spacial score (nSPS) is 23.3. The average molecular weight is 313 g/mol. The van der Waals surface area contributed by atoms with E-state index >= 15 is 0 Å². The number of anilines is 1. The molecular weight excluding hydrogens is 296 g/mol. The van der Waals surface area contributed by atoms with Gasteiger partial charge in [-0.3, -0.25) is 9.69 Å². The molecule has 2 aliphatic heterocycles. The van der Waals surface area contributed by atoms with Gasteiger partial charge in [-0.2, -0.15) is 0 Å². The Morgan fingerprint density at radius 3 is 3.00 bits per heavy atom. The fourth-order valence-corrected chi connectivity index (χ4v) is 2.53. The average Bonchev–Trinajstić information content (AvgIpc) is 2.74. The minimum atomic E-state index is -3.65. The Kier molecular flexibility index (Phi) is 3.88. The van der Waals surface area contributed by atoms with Gasteiger partial charge in [0.2, 0.25) is 5.91 Å². The number of fused-ring (bicyclic) bond motifs is 1. The summed E-state index contributed by atoms with van der Waals surface area (Å²) in [5.41, 5.74) is 0.396. The lowest BCUT2D eigenvalue weighted by Crippen LogP contribution is -2.51.